The molecule has 0 bridgehead atoms. The van der Waals surface area contributed by atoms with Crippen LogP contribution in [0.2, 0.25) is 0 Å². The topological polar surface area (TPSA) is 109 Å². The summed E-state index contributed by atoms with van der Waals surface area (Å²) in [6.07, 6.45) is 4.02. The molecule has 1 aliphatic rings. The van der Waals surface area contributed by atoms with Crippen molar-refractivity contribution in [2.75, 3.05) is 25.4 Å². The smallest absolute Gasteiger partial charge is 0.246 e. The number of piperidine rings is 1. The van der Waals surface area contributed by atoms with Crippen molar-refractivity contribution in [2.45, 2.75) is 17.7 Å². The van der Waals surface area contributed by atoms with Gasteiger partial charge in [-0.3, -0.25) is 0 Å². The van der Waals surface area contributed by atoms with Gasteiger partial charge in [0.2, 0.25) is 16.0 Å². The average Bonchev–Trinajstić information content (AvgIpc) is 2.39. The predicted molar refractivity (Wildman–Crippen MR) is 65.0 cm³/mol. The molecule has 0 aliphatic carbocycles. The molecule has 1 saturated heterocycles. The summed E-state index contributed by atoms with van der Waals surface area (Å²) in [5, 5.41) is 9.12. The van der Waals surface area contributed by atoms with Gasteiger partial charge in [0.15, 0.2) is 0 Å². The van der Waals surface area contributed by atoms with Crippen molar-refractivity contribution in [3.8, 4) is 0 Å². The van der Waals surface area contributed by atoms with Crippen LogP contribution in [0.3, 0.4) is 0 Å². The van der Waals surface area contributed by atoms with E-state index < -0.39 is 10.0 Å². The van der Waals surface area contributed by atoms with E-state index in [4.69, 9.17) is 10.8 Å². The van der Waals surface area contributed by atoms with Gasteiger partial charge in [-0.1, -0.05) is 0 Å². The van der Waals surface area contributed by atoms with E-state index in [1.165, 1.54) is 16.7 Å². The molecule has 7 nitrogen and oxygen atoms in total. The second kappa shape index (κ2) is 5.17. The molecule has 0 radical (unpaired) electrons. The highest BCUT2D eigenvalue weighted by Crippen LogP contribution is 2.22. The molecule has 1 aromatic heterocycles. The molecule has 0 saturated carbocycles. The molecular formula is C10H16N4O3S. The van der Waals surface area contributed by atoms with E-state index in [1.807, 2.05) is 0 Å². The average molecular weight is 272 g/mol. The monoisotopic (exact) mass is 272 g/mol. The summed E-state index contributed by atoms with van der Waals surface area (Å²) in [4.78, 5) is 7.42. The Bertz CT molecular complexity index is 502. The number of aromatic nitrogens is 2. The molecule has 0 spiro atoms. The van der Waals surface area contributed by atoms with E-state index in [9.17, 15) is 8.42 Å². The first-order valence-corrected chi connectivity index (χ1v) is 7.16. The zero-order valence-corrected chi connectivity index (χ0v) is 10.7. The number of rotatable bonds is 3. The number of hydrogen-bond donors (Lipinski definition) is 2. The van der Waals surface area contributed by atoms with Gasteiger partial charge >= 0.3 is 0 Å². The van der Waals surface area contributed by atoms with E-state index in [-0.39, 0.29) is 23.4 Å². The molecule has 2 rings (SSSR count). The molecule has 1 atom stereocenters. The molecule has 0 aromatic carbocycles. The molecule has 1 aliphatic heterocycles. The number of sulfonamides is 1. The molecule has 1 unspecified atom stereocenters. The Kier molecular flexibility index (Phi) is 3.79. The third-order valence-corrected chi connectivity index (χ3v) is 4.84. The van der Waals surface area contributed by atoms with Crippen molar-refractivity contribution in [3.05, 3.63) is 12.4 Å². The normalized spacial score (nSPS) is 21.9. The SMILES string of the molecule is Nc1ncc(S(=O)(=O)N2CCCC(CO)C2)cn1. The molecule has 2 heterocycles. The highest BCUT2D eigenvalue weighted by atomic mass is 32.2. The van der Waals surface area contributed by atoms with Crippen LogP contribution >= 0.6 is 0 Å². The van der Waals surface area contributed by atoms with Crippen LogP contribution in [-0.4, -0.2) is 47.5 Å². The van der Waals surface area contributed by atoms with Crippen molar-refractivity contribution in [1.82, 2.24) is 14.3 Å². The van der Waals surface area contributed by atoms with E-state index in [2.05, 4.69) is 9.97 Å². The Hall–Kier alpha value is -1.25. The Labute approximate surface area is 106 Å². The van der Waals surface area contributed by atoms with Crippen molar-refractivity contribution >= 4 is 16.0 Å². The van der Waals surface area contributed by atoms with Crippen LogP contribution in [0, 0.1) is 5.92 Å². The van der Waals surface area contributed by atoms with E-state index in [0.717, 1.165) is 12.8 Å². The van der Waals surface area contributed by atoms with Gasteiger partial charge in [-0.25, -0.2) is 18.4 Å². The molecule has 1 aromatic rings. The van der Waals surface area contributed by atoms with Gasteiger partial charge in [-0.05, 0) is 18.8 Å². The van der Waals surface area contributed by atoms with Gasteiger partial charge in [-0.2, -0.15) is 4.31 Å². The van der Waals surface area contributed by atoms with Crippen molar-refractivity contribution in [2.24, 2.45) is 5.92 Å². The van der Waals surface area contributed by atoms with Crippen LogP contribution in [0.1, 0.15) is 12.8 Å². The molecule has 100 valence electrons. The molecular weight excluding hydrogens is 256 g/mol. The lowest BCUT2D eigenvalue weighted by atomic mass is 10.0. The molecule has 18 heavy (non-hydrogen) atoms. The number of hydrogen-bond acceptors (Lipinski definition) is 6. The zero-order chi connectivity index (χ0) is 13.2. The maximum Gasteiger partial charge on any atom is 0.246 e. The van der Waals surface area contributed by atoms with E-state index >= 15 is 0 Å². The first kappa shape index (κ1) is 13.2. The third-order valence-electron chi connectivity index (χ3n) is 3.03. The Morgan fingerprint density at radius 3 is 2.72 bits per heavy atom. The molecule has 8 heteroatoms. The van der Waals surface area contributed by atoms with Crippen molar-refractivity contribution in [3.63, 3.8) is 0 Å². The minimum atomic E-state index is -3.58. The van der Waals surface area contributed by atoms with Gasteiger partial charge in [0.1, 0.15) is 4.90 Å². The maximum absolute atomic E-state index is 12.3. The van der Waals surface area contributed by atoms with Crippen LogP contribution < -0.4 is 5.73 Å². The second-order valence-corrected chi connectivity index (χ2v) is 6.27. The van der Waals surface area contributed by atoms with E-state index in [0.29, 0.717) is 13.1 Å². The Morgan fingerprint density at radius 1 is 1.44 bits per heavy atom. The minimum Gasteiger partial charge on any atom is -0.396 e. The van der Waals surface area contributed by atoms with Crippen LogP contribution in [0.5, 0.6) is 0 Å². The van der Waals surface area contributed by atoms with Crippen LogP contribution in [-0.2, 0) is 10.0 Å². The Balaban J connectivity index is 2.22. The van der Waals surface area contributed by atoms with Gasteiger partial charge in [-0.15, -0.1) is 0 Å². The summed E-state index contributed by atoms with van der Waals surface area (Å²) >= 11 is 0. The van der Waals surface area contributed by atoms with E-state index in [1.54, 1.807) is 0 Å². The highest BCUT2D eigenvalue weighted by molar-refractivity contribution is 7.89. The summed E-state index contributed by atoms with van der Waals surface area (Å²) in [6, 6.07) is 0. The first-order valence-electron chi connectivity index (χ1n) is 5.72. The van der Waals surface area contributed by atoms with Crippen LogP contribution in [0.4, 0.5) is 5.95 Å². The summed E-state index contributed by atoms with van der Waals surface area (Å²) in [7, 11) is -3.58. The fraction of sp³-hybridized carbons (Fsp3) is 0.600. The van der Waals surface area contributed by atoms with Gasteiger partial charge in [0.25, 0.3) is 0 Å². The number of aliphatic hydroxyl groups excluding tert-OH is 1. The lowest BCUT2D eigenvalue weighted by Crippen LogP contribution is -2.40. The van der Waals surface area contributed by atoms with Crippen molar-refractivity contribution < 1.29 is 13.5 Å². The first-order chi connectivity index (χ1) is 8.54. The fourth-order valence-electron chi connectivity index (χ4n) is 2.00. The van der Waals surface area contributed by atoms with Crippen LogP contribution in [0.15, 0.2) is 17.3 Å². The highest BCUT2D eigenvalue weighted by Gasteiger charge is 2.30. The third kappa shape index (κ3) is 2.60. The van der Waals surface area contributed by atoms with Gasteiger partial charge in [0.05, 0.1) is 12.4 Å². The molecule has 3 N–H and O–H groups in total. The predicted octanol–water partition coefficient (Wildman–Crippen LogP) is -0.548. The Morgan fingerprint density at radius 2 is 2.11 bits per heavy atom. The molecule has 0 amide bonds. The lowest BCUT2D eigenvalue weighted by molar-refractivity contribution is 0.165. The van der Waals surface area contributed by atoms with Gasteiger partial charge in [0, 0.05) is 19.7 Å². The number of nitrogens with two attached hydrogens (primary N) is 1. The quantitative estimate of drug-likeness (QED) is 0.764. The zero-order valence-electron chi connectivity index (χ0n) is 9.86. The van der Waals surface area contributed by atoms with Crippen LogP contribution in [0.25, 0.3) is 0 Å². The molecule has 1 fully saturated rings. The minimum absolute atomic E-state index is 0.00299. The second-order valence-electron chi connectivity index (χ2n) is 4.33. The summed E-state index contributed by atoms with van der Waals surface area (Å²) in [5.41, 5.74) is 5.33. The fourth-order valence-corrected chi connectivity index (χ4v) is 3.45. The maximum atomic E-state index is 12.3. The number of nitrogens with zero attached hydrogens (tertiary/aromatic N) is 3. The largest absolute Gasteiger partial charge is 0.396 e. The number of aliphatic hydroxyl groups is 1. The van der Waals surface area contributed by atoms with Crippen molar-refractivity contribution in [1.29, 1.82) is 0 Å². The standard InChI is InChI=1S/C10H16N4O3S/c11-10-12-4-9(5-13-10)18(16,17)14-3-1-2-8(6-14)7-15/h4-5,8,15H,1-3,6-7H2,(H2,11,12,13). The summed E-state index contributed by atoms with van der Waals surface area (Å²) in [5.74, 6) is 0.0454. The summed E-state index contributed by atoms with van der Waals surface area (Å²) in [6.45, 7) is 0.802. The number of anilines is 1. The van der Waals surface area contributed by atoms with Gasteiger partial charge < -0.3 is 10.8 Å². The lowest BCUT2D eigenvalue weighted by Gasteiger charge is -2.30. The number of nitrogen functional groups attached to an aromatic ring is 1. The summed E-state index contributed by atoms with van der Waals surface area (Å²) < 4.78 is 25.9.